The smallest absolute Gasteiger partial charge is 0.308 e. The zero-order chi connectivity index (χ0) is 10.8. The van der Waals surface area contributed by atoms with Gasteiger partial charge in [-0.1, -0.05) is 0 Å². The first-order valence-corrected chi connectivity index (χ1v) is 4.69. The molecule has 6 nitrogen and oxygen atoms in total. The van der Waals surface area contributed by atoms with Crippen LogP contribution in [0.4, 0.5) is 0 Å². The Bertz CT molecular complexity index is 374. The molecular formula is C9H11N3O3. The Balaban J connectivity index is 2.02. The molecule has 1 fully saturated rings. The summed E-state index contributed by atoms with van der Waals surface area (Å²) in [4.78, 5) is 24.0. The van der Waals surface area contributed by atoms with E-state index in [1.165, 1.54) is 12.4 Å². The van der Waals surface area contributed by atoms with Gasteiger partial charge in [0.2, 0.25) is 0 Å². The Morgan fingerprint density at radius 2 is 2.40 bits per heavy atom. The number of aliphatic carboxylic acids is 1. The molecule has 1 aromatic heterocycles. The third kappa shape index (κ3) is 1.83. The van der Waals surface area contributed by atoms with Crippen molar-refractivity contribution in [3.8, 4) is 0 Å². The number of amides is 1. The molecule has 1 amide bonds. The molecule has 2 heterocycles. The van der Waals surface area contributed by atoms with Crippen molar-refractivity contribution in [1.82, 2.24) is 15.1 Å². The van der Waals surface area contributed by atoms with Crippen LogP contribution in [-0.2, 0) is 4.79 Å². The number of carbonyl (C=O) groups is 2. The second kappa shape index (κ2) is 3.72. The first-order valence-electron chi connectivity index (χ1n) is 4.69. The summed E-state index contributed by atoms with van der Waals surface area (Å²) >= 11 is 0. The number of hydrogen-bond donors (Lipinski definition) is 2. The van der Waals surface area contributed by atoms with Crippen molar-refractivity contribution < 1.29 is 14.7 Å². The average molecular weight is 209 g/mol. The van der Waals surface area contributed by atoms with Gasteiger partial charge in [-0.15, -0.1) is 0 Å². The molecule has 1 unspecified atom stereocenters. The van der Waals surface area contributed by atoms with E-state index in [0.717, 1.165) is 0 Å². The fraction of sp³-hybridized carbons (Fsp3) is 0.444. The SMILES string of the molecule is O=C(O)C1CCN(C(=O)c2cn[nH]c2)C1. The lowest BCUT2D eigenvalue weighted by Crippen LogP contribution is -2.29. The Kier molecular flexibility index (Phi) is 2.40. The highest BCUT2D eigenvalue weighted by Crippen LogP contribution is 2.18. The van der Waals surface area contributed by atoms with Gasteiger partial charge in [-0.25, -0.2) is 0 Å². The van der Waals surface area contributed by atoms with Gasteiger partial charge >= 0.3 is 5.97 Å². The van der Waals surface area contributed by atoms with E-state index in [1.807, 2.05) is 0 Å². The largest absolute Gasteiger partial charge is 0.481 e. The maximum absolute atomic E-state index is 11.7. The van der Waals surface area contributed by atoms with Crippen molar-refractivity contribution in [3.05, 3.63) is 18.0 Å². The molecule has 2 rings (SSSR count). The van der Waals surface area contributed by atoms with E-state index in [2.05, 4.69) is 10.2 Å². The number of carboxylic acids is 1. The summed E-state index contributed by atoms with van der Waals surface area (Å²) in [5, 5.41) is 15.0. The third-order valence-corrected chi connectivity index (χ3v) is 2.57. The number of hydrogen-bond acceptors (Lipinski definition) is 3. The maximum atomic E-state index is 11.7. The fourth-order valence-corrected chi connectivity index (χ4v) is 1.70. The average Bonchev–Trinajstić information content (AvgIpc) is 2.88. The number of aromatic amines is 1. The standard InChI is InChI=1S/C9H11N3O3/c13-8(7-3-10-11-4-7)12-2-1-6(5-12)9(14)15/h3-4,6H,1-2,5H2,(H,10,11)(H,14,15). The lowest BCUT2D eigenvalue weighted by atomic mass is 10.1. The molecule has 1 aliphatic rings. The lowest BCUT2D eigenvalue weighted by Gasteiger charge is -2.13. The van der Waals surface area contributed by atoms with Gasteiger partial charge in [0.15, 0.2) is 0 Å². The molecule has 6 heteroatoms. The van der Waals surface area contributed by atoms with Crippen molar-refractivity contribution in [2.75, 3.05) is 13.1 Å². The topological polar surface area (TPSA) is 86.3 Å². The predicted molar refractivity (Wildman–Crippen MR) is 50.2 cm³/mol. The minimum absolute atomic E-state index is 0.160. The number of likely N-dealkylation sites (tertiary alicyclic amines) is 1. The summed E-state index contributed by atoms with van der Waals surface area (Å²) in [6, 6.07) is 0. The van der Waals surface area contributed by atoms with Gasteiger partial charge in [-0.05, 0) is 6.42 Å². The quantitative estimate of drug-likeness (QED) is 0.715. The Morgan fingerprint density at radius 3 is 2.93 bits per heavy atom. The summed E-state index contributed by atoms with van der Waals surface area (Å²) in [5.74, 6) is -1.43. The Labute approximate surface area is 85.9 Å². The van der Waals surface area contributed by atoms with Crippen LogP contribution >= 0.6 is 0 Å². The third-order valence-electron chi connectivity index (χ3n) is 2.57. The van der Waals surface area contributed by atoms with Gasteiger partial charge in [0.05, 0.1) is 17.7 Å². The maximum Gasteiger partial charge on any atom is 0.308 e. The minimum atomic E-state index is -0.836. The minimum Gasteiger partial charge on any atom is -0.481 e. The molecular weight excluding hydrogens is 198 g/mol. The van der Waals surface area contributed by atoms with Crippen LogP contribution in [0, 0.1) is 5.92 Å². The molecule has 80 valence electrons. The molecule has 0 aromatic carbocycles. The van der Waals surface area contributed by atoms with E-state index < -0.39 is 11.9 Å². The van der Waals surface area contributed by atoms with Crippen LogP contribution in [0.1, 0.15) is 16.8 Å². The lowest BCUT2D eigenvalue weighted by molar-refractivity contribution is -0.141. The number of nitrogens with one attached hydrogen (secondary N) is 1. The van der Waals surface area contributed by atoms with Crippen molar-refractivity contribution in [1.29, 1.82) is 0 Å². The molecule has 1 saturated heterocycles. The summed E-state index contributed by atoms with van der Waals surface area (Å²) in [6.07, 6.45) is 3.48. The van der Waals surface area contributed by atoms with Crippen LogP contribution in [0.5, 0.6) is 0 Å². The van der Waals surface area contributed by atoms with Gasteiger partial charge in [-0.3, -0.25) is 14.7 Å². The molecule has 0 bridgehead atoms. The summed E-state index contributed by atoms with van der Waals surface area (Å²) in [7, 11) is 0. The zero-order valence-electron chi connectivity index (χ0n) is 8.01. The molecule has 0 radical (unpaired) electrons. The zero-order valence-corrected chi connectivity index (χ0v) is 8.01. The van der Waals surface area contributed by atoms with Crippen molar-refractivity contribution >= 4 is 11.9 Å². The second-order valence-corrected chi connectivity index (χ2v) is 3.56. The van der Waals surface area contributed by atoms with Crippen LogP contribution < -0.4 is 0 Å². The van der Waals surface area contributed by atoms with Crippen LogP contribution in [0.15, 0.2) is 12.4 Å². The summed E-state index contributed by atoms with van der Waals surface area (Å²) in [6.45, 7) is 0.792. The molecule has 1 aliphatic heterocycles. The molecule has 1 atom stereocenters. The van der Waals surface area contributed by atoms with Crippen LogP contribution in [0.2, 0.25) is 0 Å². The molecule has 0 saturated carbocycles. The fourth-order valence-electron chi connectivity index (χ4n) is 1.70. The molecule has 15 heavy (non-hydrogen) atoms. The number of rotatable bonds is 2. The molecule has 1 aromatic rings. The molecule has 0 spiro atoms. The Hall–Kier alpha value is -1.85. The number of aromatic nitrogens is 2. The highest BCUT2D eigenvalue weighted by Gasteiger charge is 2.31. The van der Waals surface area contributed by atoms with Crippen molar-refractivity contribution in [3.63, 3.8) is 0 Å². The highest BCUT2D eigenvalue weighted by molar-refractivity contribution is 5.94. The van der Waals surface area contributed by atoms with Crippen molar-refractivity contribution in [2.45, 2.75) is 6.42 Å². The van der Waals surface area contributed by atoms with Gasteiger partial charge in [-0.2, -0.15) is 5.10 Å². The summed E-state index contributed by atoms with van der Waals surface area (Å²) < 4.78 is 0. The number of nitrogens with zero attached hydrogens (tertiary/aromatic N) is 2. The molecule has 0 aliphatic carbocycles. The number of carbonyl (C=O) groups excluding carboxylic acids is 1. The van der Waals surface area contributed by atoms with E-state index in [0.29, 0.717) is 25.1 Å². The predicted octanol–water partition coefficient (Wildman–Crippen LogP) is -0.0436. The number of H-pyrrole nitrogens is 1. The Morgan fingerprint density at radius 1 is 1.60 bits per heavy atom. The van der Waals surface area contributed by atoms with E-state index in [4.69, 9.17) is 5.11 Å². The van der Waals surface area contributed by atoms with Gasteiger partial charge in [0.1, 0.15) is 0 Å². The van der Waals surface area contributed by atoms with Gasteiger partial charge in [0, 0.05) is 19.3 Å². The first kappa shape index (κ1) is 9.70. The van der Waals surface area contributed by atoms with Crippen LogP contribution in [0.25, 0.3) is 0 Å². The monoisotopic (exact) mass is 209 g/mol. The van der Waals surface area contributed by atoms with E-state index >= 15 is 0 Å². The second-order valence-electron chi connectivity index (χ2n) is 3.56. The normalized spacial score (nSPS) is 20.5. The molecule has 2 N–H and O–H groups in total. The van der Waals surface area contributed by atoms with E-state index in [1.54, 1.807) is 4.90 Å². The van der Waals surface area contributed by atoms with Crippen LogP contribution in [-0.4, -0.2) is 45.2 Å². The van der Waals surface area contributed by atoms with Crippen molar-refractivity contribution in [2.24, 2.45) is 5.92 Å². The highest BCUT2D eigenvalue weighted by atomic mass is 16.4. The van der Waals surface area contributed by atoms with Gasteiger partial charge in [0.25, 0.3) is 5.91 Å². The van der Waals surface area contributed by atoms with E-state index in [-0.39, 0.29) is 5.91 Å². The number of carboxylic acid groups (broad SMARTS) is 1. The van der Waals surface area contributed by atoms with Gasteiger partial charge < -0.3 is 10.0 Å². The van der Waals surface area contributed by atoms with E-state index in [9.17, 15) is 9.59 Å². The van der Waals surface area contributed by atoms with Crippen LogP contribution in [0.3, 0.4) is 0 Å². The summed E-state index contributed by atoms with van der Waals surface area (Å²) in [5.41, 5.74) is 0.473. The first-order chi connectivity index (χ1) is 7.18.